The van der Waals surface area contributed by atoms with Crippen LogP contribution in [0.1, 0.15) is 98.3 Å². The maximum atomic E-state index is 13.2. The Balaban J connectivity index is 1.46. The average Bonchev–Trinajstić information content (AvgIpc) is 2.98. The van der Waals surface area contributed by atoms with Crippen molar-refractivity contribution in [3.63, 3.8) is 0 Å². The quantitative estimate of drug-likeness (QED) is 0.397. The van der Waals surface area contributed by atoms with Crippen LogP contribution in [0.25, 0.3) is 0 Å². The second-order valence-corrected chi connectivity index (χ2v) is 11.9. The zero-order chi connectivity index (χ0) is 21.3. The van der Waals surface area contributed by atoms with Gasteiger partial charge in [-0.25, -0.2) is 0 Å². The van der Waals surface area contributed by atoms with Gasteiger partial charge in [0.15, 0.2) is 0 Å². The number of rotatable bonds is 2. The molecule has 4 fully saturated rings. The van der Waals surface area contributed by atoms with Crippen LogP contribution in [-0.2, 0) is 14.3 Å². The van der Waals surface area contributed by atoms with Gasteiger partial charge in [0.2, 0.25) is 0 Å². The minimum absolute atomic E-state index is 0.0429. The molecule has 0 aromatic rings. The van der Waals surface area contributed by atoms with Gasteiger partial charge in [-0.3, -0.25) is 9.59 Å². The summed E-state index contributed by atoms with van der Waals surface area (Å²) in [5, 5.41) is 0. The molecule has 8 atom stereocenters. The predicted molar refractivity (Wildman–Crippen MR) is 118 cm³/mol. The summed E-state index contributed by atoms with van der Waals surface area (Å²) in [7, 11) is 0. The van der Waals surface area contributed by atoms with E-state index in [1.54, 1.807) is 5.57 Å². The van der Waals surface area contributed by atoms with Gasteiger partial charge in [-0.1, -0.05) is 38.3 Å². The Labute approximate surface area is 182 Å². The Morgan fingerprint density at radius 1 is 1.00 bits per heavy atom. The lowest BCUT2D eigenvalue weighted by Gasteiger charge is -2.60. The summed E-state index contributed by atoms with van der Waals surface area (Å²) in [4.78, 5) is 24.7. The minimum atomic E-state index is -0.144. The molecule has 30 heavy (non-hydrogen) atoms. The fraction of sp³-hybridized carbons (Fsp3) is 0.852. The molecular weight excluding hydrogens is 372 g/mol. The van der Waals surface area contributed by atoms with Crippen LogP contribution in [0.3, 0.4) is 0 Å². The highest BCUT2D eigenvalue weighted by atomic mass is 16.5. The predicted octanol–water partition coefficient (Wildman–Crippen LogP) is 6.26. The topological polar surface area (TPSA) is 43.4 Å². The number of hydrogen-bond acceptors (Lipinski definition) is 3. The Morgan fingerprint density at radius 2 is 1.80 bits per heavy atom. The lowest BCUT2D eigenvalue weighted by atomic mass is 9.44. The number of carbonyl (C=O) groups excluding carboxylic acids is 2. The van der Waals surface area contributed by atoms with Crippen molar-refractivity contribution in [3.05, 3.63) is 11.6 Å². The Kier molecular flexibility index (Phi) is 4.80. The van der Waals surface area contributed by atoms with Crippen LogP contribution in [0.2, 0.25) is 0 Å². The standard InChI is InChI=1S/C27H40O3/c1-17(28)27-12-6-5-7-20(27)16-24-22-9-8-19-15-21(30-18(2)29)10-13-25(19,3)23(22)11-14-26(24,27)4/h8,20-24H,5-7,9-16H2,1-4H3/t20-,21-,22+,23-,24-,25-,26-,27-/m0/s1. The van der Waals surface area contributed by atoms with Gasteiger partial charge in [0.05, 0.1) is 0 Å². The van der Waals surface area contributed by atoms with Crippen molar-refractivity contribution in [3.8, 4) is 0 Å². The first kappa shape index (κ1) is 20.8. The zero-order valence-corrected chi connectivity index (χ0v) is 19.5. The van der Waals surface area contributed by atoms with Gasteiger partial charge in [-0.2, -0.15) is 0 Å². The van der Waals surface area contributed by atoms with Crippen LogP contribution in [0.5, 0.6) is 0 Å². The van der Waals surface area contributed by atoms with E-state index in [2.05, 4.69) is 19.9 Å². The first-order valence-electron chi connectivity index (χ1n) is 12.6. The first-order chi connectivity index (χ1) is 14.2. The summed E-state index contributed by atoms with van der Waals surface area (Å²) in [5.41, 5.74) is 1.97. The molecule has 166 valence electrons. The van der Waals surface area contributed by atoms with E-state index in [1.807, 2.05) is 6.92 Å². The van der Waals surface area contributed by atoms with Crippen molar-refractivity contribution >= 4 is 11.8 Å². The fourth-order valence-corrected chi connectivity index (χ4v) is 9.76. The van der Waals surface area contributed by atoms with E-state index in [0.29, 0.717) is 17.6 Å². The fourth-order valence-electron chi connectivity index (χ4n) is 9.76. The maximum Gasteiger partial charge on any atom is 0.302 e. The molecule has 0 amide bonds. The molecule has 0 aromatic heterocycles. The van der Waals surface area contributed by atoms with Crippen molar-refractivity contribution in [2.24, 2.45) is 39.9 Å². The molecule has 0 aliphatic heterocycles. The van der Waals surface area contributed by atoms with E-state index in [9.17, 15) is 9.59 Å². The molecule has 0 saturated heterocycles. The summed E-state index contributed by atoms with van der Waals surface area (Å²) >= 11 is 0. The van der Waals surface area contributed by atoms with Crippen molar-refractivity contribution in [1.82, 2.24) is 0 Å². The first-order valence-corrected chi connectivity index (χ1v) is 12.6. The largest absolute Gasteiger partial charge is 0.462 e. The summed E-state index contributed by atoms with van der Waals surface area (Å²) in [5.74, 6) is 3.13. The van der Waals surface area contributed by atoms with Crippen LogP contribution >= 0.6 is 0 Å². The van der Waals surface area contributed by atoms with E-state index in [4.69, 9.17) is 4.74 Å². The number of ketones is 1. The molecular formula is C27H40O3. The zero-order valence-electron chi connectivity index (χ0n) is 19.5. The Hall–Kier alpha value is -1.12. The lowest BCUT2D eigenvalue weighted by molar-refractivity contribution is -0.151. The summed E-state index contributed by atoms with van der Waals surface area (Å²) in [6.07, 6.45) is 15.6. The monoisotopic (exact) mass is 412 g/mol. The Bertz CT molecular complexity index is 783. The molecule has 3 heteroatoms. The number of hydrogen-bond donors (Lipinski definition) is 0. The van der Waals surface area contributed by atoms with E-state index in [0.717, 1.165) is 37.5 Å². The highest BCUT2D eigenvalue weighted by Crippen LogP contribution is 2.73. The molecule has 3 nitrogen and oxygen atoms in total. The number of Topliss-reactive ketones (excluding diaryl/α,β-unsaturated/α-hetero) is 1. The number of esters is 1. The maximum absolute atomic E-state index is 13.2. The summed E-state index contributed by atoms with van der Waals surface area (Å²) in [6, 6.07) is 0. The molecule has 5 rings (SSSR count). The van der Waals surface area contributed by atoms with Crippen molar-refractivity contribution in [1.29, 1.82) is 0 Å². The average molecular weight is 413 g/mol. The SMILES string of the molecule is CC(=O)O[C@H]1CC[C@@]2(C)C(=CC[C@@H]3[C@@H]2CC[C@@]2(C)[C@H]3C[C@@H]3CCCC[C@]32C(C)=O)C1. The highest BCUT2D eigenvalue weighted by Gasteiger charge is 2.68. The van der Waals surface area contributed by atoms with Gasteiger partial charge < -0.3 is 4.74 Å². The molecule has 0 heterocycles. The van der Waals surface area contributed by atoms with E-state index < -0.39 is 0 Å². The van der Waals surface area contributed by atoms with Crippen LogP contribution in [-0.4, -0.2) is 17.9 Å². The molecule has 0 radical (unpaired) electrons. The number of fused-ring (bicyclic) bond motifs is 7. The third-order valence-corrected chi connectivity index (χ3v) is 11.0. The normalized spacial score (nSPS) is 49.7. The molecule has 0 bridgehead atoms. The van der Waals surface area contributed by atoms with Crippen LogP contribution < -0.4 is 0 Å². The number of carbonyl (C=O) groups is 2. The smallest absolute Gasteiger partial charge is 0.302 e. The third-order valence-electron chi connectivity index (χ3n) is 11.0. The van der Waals surface area contributed by atoms with E-state index in [-0.39, 0.29) is 28.3 Å². The van der Waals surface area contributed by atoms with Crippen molar-refractivity contribution in [2.75, 3.05) is 0 Å². The number of ether oxygens (including phenoxy) is 1. The van der Waals surface area contributed by atoms with Crippen molar-refractivity contribution < 1.29 is 14.3 Å². The third kappa shape index (κ3) is 2.62. The van der Waals surface area contributed by atoms with Gasteiger partial charge in [0.1, 0.15) is 11.9 Å². The summed E-state index contributed by atoms with van der Waals surface area (Å²) < 4.78 is 5.59. The molecule has 4 saturated carbocycles. The molecule has 0 unspecified atom stereocenters. The van der Waals surface area contributed by atoms with Gasteiger partial charge in [-0.05, 0) is 92.8 Å². The van der Waals surface area contributed by atoms with Crippen molar-refractivity contribution in [2.45, 2.75) is 104 Å². The highest BCUT2D eigenvalue weighted by molar-refractivity contribution is 5.84. The molecule has 0 spiro atoms. The van der Waals surface area contributed by atoms with Gasteiger partial charge in [-0.15, -0.1) is 0 Å². The second kappa shape index (κ2) is 6.94. The second-order valence-electron chi connectivity index (χ2n) is 11.9. The van der Waals surface area contributed by atoms with Crippen LogP contribution in [0.15, 0.2) is 11.6 Å². The molecule has 0 N–H and O–H groups in total. The minimum Gasteiger partial charge on any atom is -0.462 e. The van der Waals surface area contributed by atoms with Gasteiger partial charge in [0.25, 0.3) is 0 Å². The van der Waals surface area contributed by atoms with Gasteiger partial charge >= 0.3 is 5.97 Å². The number of allylic oxidation sites excluding steroid dienone is 1. The summed E-state index contributed by atoms with van der Waals surface area (Å²) in [6.45, 7) is 8.46. The molecule has 5 aliphatic rings. The molecule has 0 aromatic carbocycles. The van der Waals surface area contributed by atoms with Gasteiger partial charge in [0, 0.05) is 18.8 Å². The van der Waals surface area contributed by atoms with E-state index >= 15 is 0 Å². The van der Waals surface area contributed by atoms with Crippen LogP contribution in [0.4, 0.5) is 0 Å². The Morgan fingerprint density at radius 3 is 2.53 bits per heavy atom. The molecule has 5 aliphatic carbocycles. The van der Waals surface area contributed by atoms with E-state index in [1.165, 1.54) is 51.9 Å². The lowest BCUT2D eigenvalue weighted by Crippen LogP contribution is -2.55. The van der Waals surface area contributed by atoms with Crippen LogP contribution in [0, 0.1) is 39.9 Å².